The topological polar surface area (TPSA) is 73.1 Å². The highest BCUT2D eigenvalue weighted by Gasteiger charge is 2.48. The van der Waals surface area contributed by atoms with Gasteiger partial charge in [0.05, 0.1) is 6.07 Å². The van der Waals surface area contributed by atoms with E-state index >= 15 is 0 Å². The number of nitrogens with one attached hydrogen (secondary N) is 1. The van der Waals surface area contributed by atoms with E-state index in [1.807, 2.05) is 0 Å². The van der Waals surface area contributed by atoms with Gasteiger partial charge in [0.2, 0.25) is 5.91 Å². The zero-order chi connectivity index (χ0) is 12.7. The minimum absolute atomic E-state index is 0.110. The van der Waals surface area contributed by atoms with Crippen molar-refractivity contribution in [2.75, 3.05) is 24.7 Å². The Balaban J connectivity index is 2.15. The number of thioether (sulfide) groups is 1. The number of hydrogen-bond donors (Lipinski definition) is 2. The molecule has 17 heavy (non-hydrogen) atoms. The number of rotatable bonds is 7. The van der Waals surface area contributed by atoms with Crippen LogP contribution in [-0.4, -0.2) is 35.7 Å². The quantitative estimate of drug-likeness (QED) is 0.670. The predicted molar refractivity (Wildman–Crippen MR) is 68.5 cm³/mol. The van der Waals surface area contributed by atoms with Crippen LogP contribution < -0.4 is 5.32 Å². The van der Waals surface area contributed by atoms with E-state index in [1.165, 1.54) is 0 Å². The first-order valence-corrected chi connectivity index (χ1v) is 7.18. The summed E-state index contributed by atoms with van der Waals surface area (Å²) in [5.41, 5.74) is -0.755. The number of hydrogen-bond acceptors (Lipinski definition) is 4. The van der Waals surface area contributed by atoms with E-state index in [4.69, 9.17) is 10.4 Å². The van der Waals surface area contributed by atoms with Gasteiger partial charge in [0.15, 0.2) is 0 Å². The predicted octanol–water partition coefficient (Wildman–Crippen LogP) is 1.16. The Kier molecular flexibility index (Phi) is 5.79. The van der Waals surface area contributed by atoms with Crippen molar-refractivity contribution in [3.8, 4) is 6.07 Å². The number of carbonyl (C=O) groups is 1. The molecule has 0 aromatic rings. The molecule has 1 saturated carbocycles. The van der Waals surface area contributed by atoms with Gasteiger partial charge in [-0.05, 0) is 30.9 Å². The molecule has 0 aromatic heterocycles. The summed E-state index contributed by atoms with van der Waals surface area (Å²) in [6.45, 7) is 2.88. The zero-order valence-corrected chi connectivity index (χ0v) is 11.1. The fraction of sp³-hybridized carbons (Fsp3) is 0.833. The molecule has 0 bridgehead atoms. The fourth-order valence-corrected chi connectivity index (χ4v) is 2.92. The molecule has 0 atom stereocenters. The second kappa shape index (κ2) is 6.87. The number of nitriles is 1. The Morgan fingerprint density at radius 3 is 2.82 bits per heavy atom. The highest BCUT2D eigenvalue weighted by Crippen LogP contribution is 2.44. The van der Waals surface area contributed by atoms with Crippen LogP contribution in [0.5, 0.6) is 0 Å². The lowest BCUT2D eigenvalue weighted by atomic mass is 9.63. The van der Waals surface area contributed by atoms with E-state index in [2.05, 4.69) is 18.3 Å². The molecular weight excluding hydrogens is 236 g/mol. The van der Waals surface area contributed by atoms with Crippen molar-refractivity contribution in [3.63, 3.8) is 0 Å². The van der Waals surface area contributed by atoms with Crippen LogP contribution in [0.25, 0.3) is 0 Å². The van der Waals surface area contributed by atoms with Gasteiger partial charge in [-0.1, -0.05) is 6.92 Å². The average molecular weight is 256 g/mol. The first-order valence-electron chi connectivity index (χ1n) is 6.03. The molecule has 1 aliphatic carbocycles. The Morgan fingerprint density at radius 2 is 2.29 bits per heavy atom. The van der Waals surface area contributed by atoms with Gasteiger partial charge in [0.25, 0.3) is 0 Å². The SMILES string of the molecule is CC1CC(C#N)(C(=O)NCCSCCCO)C1. The second-order valence-corrected chi connectivity index (χ2v) is 5.88. The van der Waals surface area contributed by atoms with Gasteiger partial charge in [-0.2, -0.15) is 17.0 Å². The molecule has 4 nitrogen and oxygen atoms in total. The van der Waals surface area contributed by atoms with Gasteiger partial charge in [-0.25, -0.2) is 0 Å². The molecule has 2 N–H and O–H groups in total. The van der Waals surface area contributed by atoms with Crippen molar-refractivity contribution in [3.05, 3.63) is 0 Å². The molecule has 1 fully saturated rings. The Labute approximate surface area is 107 Å². The summed E-state index contributed by atoms with van der Waals surface area (Å²) in [6.07, 6.45) is 2.16. The molecule has 96 valence electrons. The Bertz CT molecular complexity index is 295. The van der Waals surface area contributed by atoms with Gasteiger partial charge in [0, 0.05) is 18.9 Å². The summed E-state index contributed by atoms with van der Waals surface area (Å²) < 4.78 is 0. The molecule has 0 aliphatic heterocycles. The molecule has 0 aromatic carbocycles. The monoisotopic (exact) mass is 256 g/mol. The minimum Gasteiger partial charge on any atom is -0.396 e. The fourth-order valence-electron chi connectivity index (χ4n) is 2.13. The van der Waals surface area contributed by atoms with Crippen molar-refractivity contribution in [2.24, 2.45) is 11.3 Å². The third-order valence-corrected chi connectivity index (χ3v) is 4.09. The van der Waals surface area contributed by atoms with Crippen LogP contribution in [0.4, 0.5) is 0 Å². The highest BCUT2D eigenvalue weighted by atomic mass is 32.2. The summed E-state index contributed by atoms with van der Waals surface area (Å²) in [5, 5.41) is 20.5. The minimum atomic E-state index is -0.755. The van der Waals surface area contributed by atoms with Gasteiger partial charge < -0.3 is 10.4 Å². The summed E-state index contributed by atoms with van der Waals surface area (Å²) in [4.78, 5) is 11.8. The lowest BCUT2D eigenvalue weighted by Crippen LogP contribution is -2.48. The van der Waals surface area contributed by atoms with Crippen LogP contribution >= 0.6 is 11.8 Å². The van der Waals surface area contributed by atoms with E-state index in [-0.39, 0.29) is 12.5 Å². The molecule has 1 amide bonds. The number of carbonyl (C=O) groups excluding carboxylic acids is 1. The van der Waals surface area contributed by atoms with Crippen LogP contribution in [0.1, 0.15) is 26.2 Å². The maximum Gasteiger partial charge on any atom is 0.240 e. The normalized spacial score (nSPS) is 27.0. The molecule has 0 unspecified atom stereocenters. The van der Waals surface area contributed by atoms with Crippen molar-refractivity contribution in [1.82, 2.24) is 5.32 Å². The maximum atomic E-state index is 11.8. The smallest absolute Gasteiger partial charge is 0.240 e. The van der Waals surface area contributed by atoms with Gasteiger partial charge >= 0.3 is 0 Å². The first kappa shape index (κ1) is 14.3. The summed E-state index contributed by atoms with van der Waals surface area (Å²) in [7, 11) is 0. The number of nitrogens with zero attached hydrogens (tertiary/aromatic N) is 1. The molecule has 1 aliphatic rings. The van der Waals surface area contributed by atoms with Gasteiger partial charge in [-0.15, -0.1) is 0 Å². The zero-order valence-electron chi connectivity index (χ0n) is 10.2. The summed E-state index contributed by atoms with van der Waals surface area (Å²) in [6, 6.07) is 2.15. The standard InChI is InChI=1S/C12H20N2O2S/c1-10-7-12(8-10,9-13)11(16)14-3-6-17-5-2-4-15/h10,15H,2-8H2,1H3,(H,14,16). The lowest BCUT2D eigenvalue weighted by Gasteiger charge is -2.39. The summed E-state index contributed by atoms with van der Waals surface area (Å²) in [5.74, 6) is 2.12. The Morgan fingerprint density at radius 1 is 1.59 bits per heavy atom. The van der Waals surface area contributed by atoms with Crippen molar-refractivity contribution < 1.29 is 9.90 Å². The molecule has 5 heteroatoms. The molecule has 0 heterocycles. The largest absolute Gasteiger partial charge is 0.396 e. The van der Waals surface area contributed by atoms with E-state index in [0.29, 0.717) is 25.3 Å². The molecule has 0 saturated heterocycles. The van der Waals surface area contributed by atoms with Crippen molar-refractivity contribution >= 4 is 17.7 Å². The van der Waals surface area contributed by atoms with Crippen molar-refractivity contribution in [1.29, 1.82) is 5.26 Å². The van der Waals surface area contributed by atoms with Crippen molar-refractivity contribution in [2.45, 2.75) is 26.2 Å². The first-order chi connectivity index (χ1) is 8.14. The average Bonchev–Trinajstić information content (AvgIpc) is 2.29. The molecular formula is C12H20N2O2S. The third-order valence-electron chi connectivity index (χ3n) is 3.02. The maximum absolute atomic E-state index is 11.8. The third kappa shape index (κ3) is 3.90. The van der Waals surface area contributed by atoms with E-state index in [0.717, 1.165) is 17.9 Å². The van der Waals surface area contributed by atoms with E-state index < -0.39 is 5.41 Å². The number of aliphatic hydroxyl groups is 1. The number of aliphatic hydroxyl groups excluding tert-OH is 1. The van der Waals surface area contributed by atoms with E-state index in [1.54, 1.807) is 11.8 Å². The second-order valence-electron chi connectivity index (χ2n) is 4.65. The van der Waals surface area contributed by atoms with Crippen LogP contribution in [0.3, 0.4) is 0 Å². The van der Waals surface area contributed by atoms with E-state index in [9.17, 15) is 4.79 Å². The van der Waals surface area contributed by atoms with Gasteiger partial charge in [-0.3, -0.25) is 4.79 Å². The van der Waals surface area contributed by atoms with Crippen LogP contribution in [-0.2, 0) is 4.79 Å². The van der Waals surface area contributed by atoms with Crippen LogP contribution in [0, 0.1) is 22.7 Å². The highest BCUT2D eigenvalue weighted by molar-refractivity contribution is 7.99. The number of amides is 1. The molecule has 0 radical (unpaired) electrons. The molecule has 1 rings (SSSR count). The Hall–Kier alpha value is -0.730. The van der Waals surface area contributed by atoms with Crippen LogP contribution in [0.15, 0.2) is 0 Å². The lowest BCUT2D eigenvalue weighted by molar-refractivity contribution is -0.133. The molecule has 0 spiro atoms. The van der Waals surface area contributed by atoms with Gasteiger partial charge in [0.1, 0.15) is 5.41 Å². The summed E-state index contributed by atoms with van der Waals surface area (Å²) >= 11 is 1.71. The van der Waals surface area contributed by atoms with Crippen LogP contribution in [0.2, 0.25) is 0 Å².